The van der Waals surface area contributed by atoms with Gasteiger partial charge >= 0.3 is 0 Å². The number of ether oxygens (including phenoxy) is 1. The van der Waals surface area contributed by atoms with Gasteiger partial charge in [0.05, 0.1) is 0 Å². The van der Waals surface area contributed by atoms with E-state index in [1.54, 1.807) is 0 Å². The lowest BCUT2D eigenvalue weighted by Crippen LogP contribution is -2.59. The highest BCUT2D eigenvalue weighted by Gasteiger charge is 2.49. The zero-order chi connectivity index (χ0) is 19.3. The van der Waals surface area contributed by atoms with E-state index in [1.165, 1.54) is 22.4 Å². The molecule has 144 valence electrons. The van der Waals surface area contributed by atoms with Crippen molar-refractivity contribution < 1.29 is 4.74 Å². The lowest BCUT2D eigenvalue weighted by molar-refractivity contribution is -0.0726. The zero-order valence-corrected chi connectivity index (χ0v) is 17.2. The van der Waals surface area contributed by atoms with Crippen LogP contribution in [0, 0.1) is 20.8 Å². The number of rotatable bonds is 2. The Morgan fingerprint density at radius 3 is 2.22 bits per heavy atom. The normalized spacial score (nSPS) is 25.4. The number of nitrogens with zero attached hydrogens (tertiary/aromatic N) is 2. The zero-order valence-electron chi connectivity index (χ0n) is 17.2. The van der Waals surface area contributed by atoms with Crippen LogP contribution in [0.2, 0.25) is 0 Å². The summed E-state index contributed by atoms with van der Waals surface area (Å²) in [6.45, 7) is 14.9. The lowest BCUT2D eigenvalue weighted by atomic mass is 9.86. The summed E-state index contributed by atoms with van der Waals surface area (Å²) in [7, 11) is 0. The number of benzene rings is 2. The van der Waals surface area contributed by atoms with Crippen LogP contribution in [0.3, 0.4) is 0 Å². The van der Waals surface area contributed by atoms with Gasteiger partial charge in [0.15, 0.2) is 5.72 Å². The maximum Gasteiger partial charge on any atom is 0.167 e. The van der Waals surface area contributed by atoms with Gasteiger partial charge in [-0.1, -0.05) is 25.1 Å². The van der Waals surface area contributed by atoms with Crippen molar-refractivity contribution in [2.24, 2.45) is 0 Å². The summed E-state index contributed by atoms with van der Waals surface area (Å²) >= 11 is 0. The first-order valence-electron chi connectivity index (χ1n) is 9.97. The molecule has 4 nitrogen and oxygen atoms in total. The van der Waals surface area contributed by atoms with Crippen LogP contribution in [0.1, 0.15) is 42.0 Å². The van der Waals surface area contributed by atoms with E-state index in [4.69, 9.17) is 10.5 Å². The largest absolute Gasteiger partial charge is 0.472 e. The number of piperazine rings is 1. The van der Waals surface area contributed by atoms with Gasteiger partial charge in [0.25, 0.3) is 0 Å². The lowest BCUT2D eigenvalue weighted by Gasteiger charge is -2.45. The molecule has 2 aliphatic heterocycles. The number of hydrogen-bond acceptors (Lipinski definition) is 4. The molecule has 4 heteroatoms. The highest BCUT2D eigenvalue weighted by Crippen LogP contribution is 2.51. The average Bonchev–Trinajstić information content (AvgIpc) is 2.98. The molecule has 2 aromatic carbocycles. The fourth-order valence-corrected chi connectivity index (χ4v) is 4.77. The second-order valence-electron chi connectivity index (χ2n) is 8.22. The molecule has 2 N–H and O–H groups in total. The number of nitrogens with two attached hydrogens (primary N) is 1. The Kier molecular flexibility index (Phi) is 4.34. The molecule has 0 saturated carbocycles. The van der Waals surface area contributed by atoms with Crippen LogP contribution in [0.15, 0.2) is 30.3 Å². The average molecular weight is 366 g/mol. The minimum Gasteiger partial charge on any atom is -0.472 e. The first-order chi connectivity index (χ1) is 12.8. The summed E-state index contributed by atoms with van der Waals surface area (Å²) in [5.41, 5.74) is 13.1. The molecule has 0 radical (unpaired) electrons. The van der Waals surface area contributed by atoms with E-state index in [2.05, 4.69) is 74.8 Å². The van der Waals surface area contributed by atoms with Crippen LogP contribution >= 0.6 is 0 Å². The summed E-state index contributed by atoms with van der Waals surface area (Å²) in [4.78, 5) is 4.98. The van der Waals surface area contributed by atoms with Gasteiger partial charge in [-0.3, -0.25) is 4.90 Å². The first kappa shape index (κ1) is 18.2. The Morgan fingerprint density at radius 2 is 1.59 bits per heavy atom. The third-order valence-corrected chi connectivity index (χ3v) is 6.93. The molecule has 2 unspecified atom stereocenters. The minimum absolute atomic E-state index is 0.289. The SMILES string of the molecule is Cc1c(C)c2c(c(C)c1N)C(C)C(C)(N1CCN(c3ccccc3)CC1)O2. The summed E-state index contributed by atoms with van der Waals surface area (Å²) in [6.07, 6.45) is 0. The fourth-order valence-electron chi connectivity index (χ4n) is 4.77. The quantitative estimate of drug-likeness (QED) is 0.809. The van der Waals surface area contributed by atoms with Gasteiger partial charge in [0.2, 0.25) is 0 Å². The summed E-state index contributed by atoms with van der Waals surface area (Å²) < 4.78 is 6.69. The van der Waals surface area contributed by atoms with E-state index in [0.717, 1.165) is 43.2 Å². The molecule has 2 aliphatic rings. The standard InChI is InChI=1S/C23H31N3O/c1-15-16(2)22-20(17(3)21(15)24)18(4)23(5,27-22)26-13-11-25(12-14-26)19-9-7-6-8-10-19/h6-10,18H,11-14,24H2,1-5H3. The third kappa shape index (κ3) is 2.69. The molecule has 2 aromatic rings. The maximum absolute atomic E-state index is 6.69. The summed E-state index contributed by atoms with van der Waals surface area (Å²) in [6, 6.07) is 10.7. The molecule has 0 aromatic heterocycles. The van der Waals surface area contributed by atoms with E-state index in [0.29, 0.717) is 0 Å². The van der Waals surface area contributed by atoms with Gasteiger partial charge < -0.3 is 15.4 Å². The fraction of sp³-hybridized carbons (Fsp3) is 0.478. The van der Waals surface area contributed by atoms with E-state index >= 15 is 0 Å². The van der Waals surface area contributed by atoms with Crippen molar-refractivity contribution in [3.63, 3.8) is 0 Å². The molecule has 1 fully saturated rings. The van der Waals surface area contributed by atoms with Crippen LogP contribution in [-0.2, 0) is 0 Å². The number of hydrogen-bond donors (Lipinski definition) is 1. The van der Waals surface area contributed by atoms with Crippen molar-refractivity contribution >= 4 is 11.4 Å². The molecule has 0 spiro atoms. The maximum atomic E-state index is 6.69. The van der Waals surface area contributed by atoms with Crippen molar-refractivity contribution in [3.05, 3.63) is 52.6 Å². The Bertz CT molecular complexity index is 856. The van der Waals surface area contributed by atoms with Crippen LogP contribution in [0.5, 0.6) is 5.75 Å². The second-order valence-corrected chi connectivity index (χ2v) is 8.22. The van der Waals surface area contributed by atoms with E-state index in [9.17, 15) is 0 Å². The number of anilines is 2. The summed E-state index contributed by atoms with van der Waals surface area (Å²) in [5.74, 6) is 1.34. The first-order valence-corrected chi connectivity index (χ1v) is 9.97. The second kappa shape index (κ2) is 6.45. The highest BCUT2D eigenvalue weighted by atomic mass is 16.5. The topological polar surface area (TPSA) is 41.7 Å². The predicted molar refractivity (Wildman–Crippen MR) is 113 cm³/mol. The van der Waals surface area contributed by atoms with Crippen molar-refractivity contribution in [3.8, 4) is 5.75 Å². The van der Waals surface area contributed by atoms with Crippen molar-refractivity contribution in [1.29, 1.82) is 0 Å². The Balaban J connectivity index is 1.58. The molecule has 0 amide bonds. The monoisotopic (exact) mass is 365 g/mol. The molecule has 1 saturated heterocycles. The van der Waals surface area contributed by atoms with Crippen LogP contribution in [-0.4, -0.2) is 36.8 Å². The molecule has 4 rings (SSSR count). The molecule has 0 bridgehead atoms. The Morgan fingerprint density at radius 1 is 0.963 bits per heavy atom. The minimum atomic E-state index is -0.319. The van der Waals surface area contributed by atoms with Gasteiger partial charge in [0, 0.05) is 49.0 Å². The Hall–Kier alpha value is -2.20. The van der Waals surface area contributed by atoms with Gasteiger partial charge in [-0.15, -0.1) is 0 Å². The van der Waals surface area contributed by atoms with Crippen LogP contribution in [0.4, 0.5) is 11.4 Å². The van der Waals surface area contributed by atoms with E-state index in [1.807, 2.05) is 0 Å². The number of para-hydroxylation sites is 1. The molecular formula is C23H31N3O. The predicted octanol–water partition coefficient (Wildman–Crippen LogP) is 4.23. The smallest absolute Gasteiger partial charge is 0.167 e. The Labute approximate surface area is 162 Å². The van der Waals surface area contributed by atoms with E-state index in [-0.39, 0.29) is 11.6 Å². The van der Waals surface area contributed by atoms with Gasteiger partial charge in [-0.25, -0.2) is 0 Å². The van der Waals surface area contributed by atoms with Gasteiger partial charge in [-0.05, 0) is 56.5 Å². The van der Waals surface area contributed by atoms with Crippen molar-refractivity contribution in [1.82, 2.24) is 4.90 Å². The number of nitrogen functional groups attached to an aromatic ring is 1. The molecule has 2 atom stereocenters. The van der Waals surface area contributed by atoms with Crippen LogP contribution in [0.25, 0.3) is 0 Å². The molecular weight excluding hydrogens is 334 g/mol. The van der Waals surface area contributed by atoms with Gasteiger partial charge in [-0.2, -0.15) is 0 Å². The van der Waals surface area contributed by atoms with Crippen molar-refractivity contribution in [2.75, 3.05) is 36.8 Å². The van der Waals surface area contributed by atoms with Gasteiger partial charge in [0.1, 0.15) is 5.75 Å². The molecule has 27 heavy (non-hydrogen) atoms. The molecule has 2 heterocycles. The van der Waals surface area contributed by atoms with Crippen LogP contribution < -0.4 is 15.4 Å². The van der Waals surface area contributed by atoms with E-state index < -0.39 is 0 Å². The summed E-state index contributed by atoms with van der Waals surface area (Å²) in [5, 5.41) is 0. The third-order valence-electron chi connectivity index (χ3n) is 6.93. The number of fused-ring (bicyclic) bond motifs is 1. The molecule has 0 aliphatic carbocycles. The highest BCUT2D eigenvalue weighted by molar-refractivity contribution is 5.67. The van der Waals surface area contributed by atoms with Crippen molar-refractivity contribution in [2.45, 2.75) is 46.3 Å².